The van der Waals surface area contributed by atoms with Gasteiger partial charge in [-0.3, -0.25) is 0 Å². The molecule has 2 atom stereocenters. The van der Waals surface area contributed by atoms with Gasteiger partial charge >= 0.3 is 0 Å². The molecule has 1 aliphatic heterocycles. The van der Waals surface area contributed by atoms with E-state index in [2.05, 4.69) is 26.1 Å². The summed E-state index contributed by atoms with van der Waals surface area (Å²) < 4.78 is 11.4. The van der Waals surface area contributed by atoms with E-state index < -0.39 is 0 Å². The van der Waals surface area contributed by atoms with Crippen molar-refractivity contribution in [1.29, 1.82) is 0 Å². The van der Waals surface area contributed by atoms with Gasteiger partial charge in [0.15, 0.2) is 0 Å². The van der Waals surface area contributed by atoms with Crippen LogP contribution in [-0.2, 0) is 9.47 Å². The maximum absolute atomic E-state index is 6.19. The molecule has 2 unspecified atom stereocenters. The van der Waals surface area contributed by atoms with Crippen LogP contribution in [0.4, 0.5) is 0 Å². The highest BCUT2D eigenvalue weighted by Gasteiger charge is 2.40. The molecule has 0 aromatic heterocycles. The van der Waals surface area contributed by atoms with Crippen molar-refractivity contribution in [2.45, 2.75) is 64.7 Å². The van der Waals surface area contributed by atoms with Crippen molar-refractivity contribution >= 4 is 0 Å². The molecule has 2 rings (SSSR count). The van der Waals surface area contributed by atoms with Crippen molar-refractivity contribution in [3.8, 4) is 0 Å². The molecular formula is C14H27NO2. The smallest absolute Gasteiger partial charge is 0.105 e. The second-order valence-corrected chi connectivity index (χ2v) is 6.15. The maximum atomic E-state index is 6.19. The predicted octanol–water partition coefficient (Wildman–Crippen LogP) is 2.35. The summed E-state index contributed by atoms with van der Waals surface area (Å²) in [6, 6.07) is 0.497. The van der Waals surface area contributed by atoms with Gasteiger partial charge in [-0.2, -0.15) is 0 Å². The second-order valence-electron chi connectivity index (χ2n) is 6.15. The van der Waals surface area contributed by atoms with E-state index in [1.807, 2.05) is 0 Å². The third kappa shape index (κ3) is 3.21. The Labute approximate surface area is 105 Å². The largest absolute Gasteiger partial charge is 0.376 e. The first-order chi connectivity index (χ1) is 8.13. The number of ether oxygens (including phenoxy) is 2. The van der Waals surface area contributed by atoms with E-state index in [0.717, 1.165) is 19.8 Å². The van der Waals surface area contributed by atoms with E-state index in [9.17, 15) is 0 Å². The van der Waals surface area contributed by atoms with Gasteiger partial charge in [0.05, 0.1) is 19.3 Å². The van der Waals surface area contributed by atoms with Gasteiger partial charge in [-0.1, -0.05) is 27.2 Å². The molecule has 3 heteroatoms. The molecule has 0 amide bonds. The van der Waals surface area contributed by atoms with Crippen LogP contribution in [0.1, 0.15) is 46.5 Å². The third-order valence-corrected chi connectivity index (χ3v) is 4.11. The Morgan fingerprint density at radius 1 is 1.35 bits per heavy atom. The molecule has 0 spiro atoms. The molecule has 1 heterocycles. The van der Waals surface area contributed by atoms with Gasteiger partial charge in [0, 0.05) is 6.04 Å². The Morgan fingerprint density at radius 2 is 2.12 bits per heavy atom. The highest BCUT2D eigenvalue weighted by molar-refractivity contribution is 4.95. The molecule has 17 heavy (non-hydrogen) atoms. The number of hydrogen-bond donors (Lipinski definition) is 1. The van der Waals surface area contributed by atoms with E-state index in [0.29, 0.717) is 23.7 Å². The zero-order valence-corrected chi connectivity index (χ0v) is 11.5. The SMILES string of the molecule is CCCNC1C(OC2COC2)CCCC1(C)C. The minimum Gasteiger partial charge on any atom is -0.376 e. The first-order valence-electron chi connectivity index (χ1n) is 7.10. The van der Waals surface area contributed by atoms with E-state index in [1.165, 1.54) is 25.7 Å². The lowest BCUT2D eigenvalue weighted by Crippen LogP contribution is -2.56. The van der Waals surface area contributed by atoms with Crippen LogP contribution in [0.15, 0.2) is 0 Å². The number of rotatable bonds is 5. The van der Waals surface area contributed by atoms with Crippen molar-refractivity contribution < 1.29 is 9.47 Å². The molecule has 2 aliphatic rings. The lowest BCUT2D eigenvalue weighted by Gasteiger charge is -2.46. The summed E-state index contributed by atoms with van der Waals surface area (Å²) in [4.78, 5) is 0. The summed E-state index contributed by atoms with van der Waals surface area (Å²) in [6.45, 7) is 9.63. The first kappa shape index (κ1) is 13.3. The Kier molecular flexibility index (Phi) is 4.45. The van der Waals surface area contributed by atoms with Crippen LogP contribution >= 0.6 is 0 Å². The normalized spacial score (nSPS) is 33.4. The Balaban J connectivity index is 1.94. The van der Waals surface area contributed by atoms with Crippen molar-refractivity contribution in [1.82, 2.24) is 5.32 Å². The standard InChI is InChI=1S/C14H27NO2/c1-4-8-15-13-12(17-11-9-16-10-11)6-5-7-14(13,2)3/h11-13,15H,4-10H2,1-3H3. The summed E-state index contributed by atoms with van der Waals surface area (Å²) in [5, 5.41) is 3.70. The van der Waals surface area contributed by atoms with Crippen LogP contribution in [0.25, 0.3) is 0 Å². The zero-order chi connectivity index (χ0) is 12.3. The van der Waals surface area contributed by atoms with Gasteiger partial charge in [0.25, 0.3) is 0 Å². The van der Waals surface area contributed by atoms with Crippen molar-refractivity contribution in [2.24, 2.45) is 5.41 Å². The average molecular weight is 241 g/mol. The Morgan fingerprint density at radius 3 is 2.71 bits per heavy atom. The summed E-state index contributed by atoms with van der Waals surface area (Å²) in [5.41, 5.74) is 0.350. The summed E-state index contributed by atoms with van der Waals surface area (Å²) in [5.74, 6) is 0. The molecule has 1 aliphatic carbocycles. The Bertz CT molecular complexity index is 238. The lowest BCUT2D eigenvalue weighted by atomic mass is 9.71. The zero-order valence-electron chi connectivity index (χ0n) is 11.5. The minimum absolute atomic E-state index is 0.347. The van der Waals surface area contributed by atoms with Crippen LogP contribution in [0.5, 0.6) is 0 Å². The van der Waals surface area contributed by atoms with E-state index in [-0.39, 0.29) is 0 Å². The Hall–Kier alpha value is -0.120. The summed E-state index contributed by atoms with van der Waals surface area (Å²) in [6.07, 6.45) is 5.69. The van der Waals surface area contributed by atoms with Gasteiger partial charge in [-0.15, -0.1) is 0 Å². The third-order valence-electron chi connectivity index (χ3n) is 4.11. The summed E-state index contributed by atoms with van der Waals surface area (Å²) >= 11 is 0. The fraction of sp³-hybridized carbons (Fsp3) is 1.00. The van der Waals surface area contributed by atoms with E-state index in [1.54, 1.807) is 0 Å². The molecule has 0 radical (unpaired) electrons. The van der Waals surface area contributed by atoms with Gasteiger partial charge in [-0.05, 0) is 31.2 Å². The predicted molar refractivity (Wildman–Crippen MR) is 69.2 cm³/mol. The molecule has 1 saturated carbocycles. The molecule has 2 fully saturated rings. The fourth-order valence-corrected chi connectivity index (χ4v) is 2.98. The molecule has 0 aromatic carbocycles. The maximum Gasteiger partial charge on any atom is 0.105 e. The highest BCUT2D eigenvalue weighted by Crippen LogP contribution is 2.37. The first-order valence-corrected chi connectivity index (χ1v) is 7.10. The molecule has 1 saturated heterocycles. The van der Waals surface area contributed by atoms with E-state index in [4.69, 9.17) is 9.47 Å². The molecule has 1 N–H and O–H groups in total. The topological polar surface area (TPSA) is 30.5 Å². The van der Waals surface area contributed by atoms with Crippen molar-refractivity contribution in [2.75, 3.05) is 19.8 Å². The van der Waals surface area contributed by atoms with E-state index >= 15 is 0 Å². The number of nitrogens with one attached hydrogen (secondary N) is 1. The second kappa shape index (κ2) is 5.68. The van der Waals surface area contributed by atoms with Crippen LogP contribution in [-0.4, -0.2) is 38.0 Å². The monoisotopic (exact) mass is 241 g/mol. The van der Waals surface area contributed by atoms with Crippen molar-refractivity contribution in [3.63, 3.8) is 0 Å². The highest BCUT2D eigenvalue weighted by atomic mass is 16.6. The summed E-state index contributed by atoms with van der Waals surface area (Å²) in [7, 11) is 0. The molecule has 0 aromatic rings. The van der Waals surface area contributed by atoms with Crippen LogP contribution in [0.3, 0.4) is 0 Å². The van der Waals surface area contributed by atoms with Gasteiger partial charge < -0.3 is 14.8 Å². The molecule has 3 nitrogen and oxygen atoms in total. The molecule has 100 valence electrons. The lowest BCUT2D eigenvalue weighted by molar-refractivity contribution is -0.175. The van der Waals surface area contributed by atoms with Gasteiger partial charge in [-0.25, -0.2) is 0 Å². The van der Waals surface area contributed by atoms with Crippen molar-refractivity contribution in [3.05, 3.63) is 0 Å². The fourth-order valence-electron chi connectivity index (χ4n) is 2.98. The van der Waals surface area contributed by atoms with Crippen LogP contribution in [0, 0.1) is 5.41 Å². The quantitative estimate of drug-likeness (QED) is 0.801. The van der Waals surface area contributed by atoms with Gasteiger partial charge in [0.1, 0.15) is 6.10 Å². The van der Waals surface area contributed by atoms with Crippen LogP contribution in [0.2, 0.25) is 0 Å². The number of hydrogen-bond acceptors (Lipinski definition) is 3. The van der Waals surface area contributed by atoms with Crippen LogP contribution < -0.4 is 5.32 Å². The van der Waals surface area contributed by atoms with Gasteiger partial charge in [0.2, 0.25) is 0 Å². The molecule has 0 bridgehead atoms. The molecular weight excluding hydrogens is 214 g/mol. The average Bonchev–Trinajstić information content (AvgIpc) is 2.21. The minimum atomic E-state index is 0.347.